The summed E-state index contributed by atoms with van der Waals surface area (Å²) in [5.74, 6) is -0.102. The van der Waals surface area contributed by atoms with Crippen LogP contribution >= 0.6 is 0 Å². The summed E-state index contributed by atoms with van der Waals surface area (Å²) in [5.41, 5.74) is 5.32. The highest BCUT2D eigenvalue weighted by Gasteiger charge is 2.36. The highest BCUT2D eigenvalue weighted by Crippen LogP contribution is 2.43. The molecule has 1 aliphatic heterocycles. The minimum atomic E-state index is -0.264. The number of H-pyrrole nitrogens is 1. The van der Waals surface area contributed by atoms with Gasteiger partial charge in [0.15, 0.2) is 5.78 Å². The Bertz CT molecular complexity index is 923. The Balaban J connectivity index is 1.98. The normalized spacial score (nSPS) is 21.2. The maximum absolute atomic E-state index is 12.6. The van der Waals surface area contributed by atoms with Crippen molar-refractivity contribution in [1.29, 1.82) is 5.26 Å². The Hall–Kier alpha value is -2.80. The molecule has 0 fully saturated rings. The summed E-state index contributed by atoms with van der Waals surface area (Å²) in [6.07, 6.45) is 4.26. The van der Waals surface area contributed by atoms with Crippen LogP contribution in [0.1, 0.15) is 37.7 Å². The van der Waals surface area contributed by atoms with Crippen LogP contribution in [-0.4, -0.2) is 10.8 Å². The molecule has 0 amide bonds. The third-order valence-corrected chi connectivity index (χ3v) is 4.83. The molecule has 114 valence electrons. The highest BCUT2D eigenvalue weighted by molar-refractivity contribution is 6.01. The summed E-state index contributed by atoms with van der Waals surface area (Å²) >= 11 is 0. The van der Waals surface area contributed by atoms with Gasteiger partial charge in [-0.2, -0.15) is 5.26 Å². The fraction of sp³-hybridized carbons (Fsp3) is 0.263. The smallest absolute Gasteiger partial charge is 0.161 e. The van der Waals surface area contributed by atoms with Gasteiger partial charge in [-0.15, -0.1) is 0 Å². The summed E-state index contributed by atoms with van der Waals surface area (Å²) in [6.45, 7) is 1.92. The standard InChI is InChI=1S/C19H17N3O/c1-11-13(9-20)18(19-16(22-11)7-4-8-17(19)23)14-10-21-15-6-3-2-5-12(14)15/h2-3,5-6,10,18,21-22H,4,7-8H2,1H3/t18-/m0/s1. The first kappa shape index (κ1) is 13.8. The average Bonchev–Trinajstić information content (AvgIpc) is 2.97. The molecule has 0 radical (unpaired) electrons. The highest BCUT2D eigenvalue weighted by atomic mass is 16.1. The van der Waals surface area contributed by atoms with Gasteiger partial charge in [0.2, 0.25) is 0 Å². The number of fused-ring (bicyclic) bond motifs is 1. The number of hydrogen-bond acceptors (Lipinski definition) is 3. The second kappa shape index (κ2) is 5.13. The molecule has 1 aliphatic carbocycles. The van der Waals surface area contributed by atoms with Crippen molar-refractivity contribution in [2.24, 2.45) is 0 Å². The molecule has 4 heteroatoms. The predicted octanol–water partition coefficient (Wildman–Crippen LogP) is 3.66. The number of allylic oxidation sites excluding steroid dienone is 4. The number of nitriles is 1. The second-order valence-corrected chi connectivity index (χ2v) is 6.17. The van der Waals surface area contributed by atoms with Crippen LogP contribution in [-0.2, 0) is 4.79 Å². The van der Waals surface area contributed by atoms with E-state index in [-0.39, 0.29) is 11.7 Å². The quantitative estimate of drug-likeness (QED) is 0.844. The molecule has 0 saturated heterocycles. The van der Waals surface area contributed by atoms with E-state index < -0.39 is 0 Å². The van der Waals surface area contributed by atoms with E-state index >= 15 is 0 Å². The number of Topliss-reactive ketones (excluding diaryl/α,β-unsaturated/α-hetero) is 1. The van der Waals surface area contributed by atoms with E-state index in [1.807, 2.05) is 37.4 Å². The number of ketones is 1. The molecule has 1 atom stereocenters. The third-order valence-electron chi connectivity index (χ3n) is 4.83. The zero-order valence-electron chi connectivity index (χ0n) is 12.9. The Labute approximate surface area is 134 Å². The molecule has 4 nitrogen and oxygen atoms in total. The molecule has 1 aromatic heterocycles. The van der Waals surface area contributed by atoms with Crippen LogP contribution < -0.4 is 5.32 Å². The van der Waals surface area contributed by atoms with Crippen molar-refractivity contribution in [2.45, 2.75) is 32.1 Å². The van der Waals surface area contributed by atoms with Crippen LogP contribution in [0.15, 0.2) is 53.0 Å². The molecule has 0 spiro atoms. The molecule has 0 unspecified atom stereocenters. The lowest BCUT2D eigenvalue weighted by molar-refractivity contribution is -0.116. The number of carbonyl (C=O) groups excluding carboxylic acids is 1. The zero-order chi connectivity index (χ0) is 16.0. The third kappa shape index (κ3) is 2.01. The molecule has 2 N–H and O–H groups in total. The largest absolute Gasteiger partial charge is 0.361 e. The molecular weight excluding hydrogens is 286 g/mol. The number of aromatic nitrogens is 1. The van der Waals surface area contributed by atoms with Crippen LogP contribution in [0.3, 0.4) is 0 Å². The van der Waals surface area contributed by atoms with E-state index in [0.717, 1.165) is 46.3 Å². The predicted molar refractivity (Wildman–Crippen MR) is 88.4 cm³/mol. The average molecular weight is 303 g/mol. The first-order valence-corrected chi connectivity index (χ1v) is 7.91. The van der Waals surface area contributed by atoms with Crippen molar-refractivity contribution in [3.63, 3.8) is 0 Å². The van der Waals surface area contributed by atoms with Crippen molar-refractivity contribution >= 4 is 16.7 Å². The molecule has 0 saturated carbocycles. The number of nitrogens with one attached hydrogen (secondary N) is 2. The van der Waals surface area contributed by atoms with Gasteiger partial charge >= 0.3 is 0 Å². The molecule has 23 heavy (non-hydrogen) atoms. The summed E-state index contributed by atoms with van der Waals surface area (Å²) in [6, 6.07) is 10.4. The Morgan fingerprint density at radius 3 is 2.91 bits per heavy atom. The van der Waals surface area contributed by atoms with Gasteiger partial charge in [0, 0.05) is 40.5 Å². The number of nitrogens with zero attached hydrogens (tertiary/aromatic N) is 1. The van der Waals surface area contributed by atoms with Gasteiger partial charge in [0.05, 0.1) is 17.6 Å². The van der Waals surface area contributed by atoms with Crippen molar-refractivity contribution in [1.82, 2.24) is 10.3 Å². The molecule has 2 aromatic rings. The van der Waals surface area contributed by atoms with E-state index in [2.05, 4.69) is 16.4 Å². The van der Waals surface area contributed by atoms with Gasteiger partial charge in [-0.25, -0.2) is 0 Å². The molecule has 4 rings (SSSR count). The molecular formula is C19H17N3O. The van der Waals surface area contributed by atoms with Crippen LogP contribution in [0.25, 0.3) is 10.9 Å². The number of carbonyl (C=O) groups is 1. The van der Waals surface area contributed by atoms with Crippen molar-refractivity contribution in [3.05, 3.63) is 58.6 Å². The summed E-state index contributed by atoms with van der Waals surface area (Å²) in [4.78, 5) is 15.9. The minimum absolute atomic E-state index is 0.161. The van der Waals surface area contributed by atoms with Crippen LogP contribution in [0.4, 0.5) is 0 Å². The van der Waals surface area contributed by atoms with E-state index in [1.54, 1.807) is 0 Å². The van der Waals surface area contributed by atoms with Crippen molar-refractivity contribution in [2.75, 3.05) is 0 Å². The topological polar surface area (TPSA) is 68.7 Å². The monoisotopic (exact) mass is 303 g/mol. The lowest BCUT2D eigenvalue weighted by Gasteiger charge is -2.32. The number of para-hydroxylation sites is 1. The minimum Gasteiger partial charge on any atom is -0.361 e. The number of hydrogen-bond donors (Lipinski definition) is 2. The number of benzene rings is 1. The van der Waals surface area contributed by atoms with Gasteiger partial charge in [0.25, 0.3) is 0 Å². The fourth-order valence-electron chi connectivity index (χ4n) is 3.78. The van der Waals surface area contributed by atoms with E-state index in [4.69, 9.17) is 0 Å². The van der Waals surface area contributed by atoms with E-state index in [1.165, 1.54) is 0 Å². The van der Waals surface area contributed by atoms with Crippen LogP contribution in [0, 0.1) is 11.3 Å². The molecule has 2 aliphatic rings. The van der Waals surface area contributed by atoms with Crippen LogP contribution in [0.5, 0.6) is 0 Å². The SMILES string of the molecule is CC1=C(C#N)[C@@H](c2c[nH]c3ccccc23)C2=C(CCCC2=O)N1. The second-order valence-electron chi connectivity index (χ2n) is 6.17. The van der Waals surface area contributed by atoms with Crippen molar-refractivity contribution < 1.29 is 4.79 Å². The molecule has 1 aromatic carbocycles. The molecule has 0 bridgehead atoms. The number of aromatic amines is 1. The first-order chi connectivity index (χ1) is 11.2. The van der Waals surface area contributed by atoms with Gasteiger partial charge < -0.3 is 10.3 Å². The first-order valence-electron chi connectivity index (χ1n) is 7.91. The maximum Gasteiger partial charge on any atom is 0.161 e. The van der Waals surface area contributed by atoms with E-state index in [9.17, 15) is 10.1 Å². The zero-order valence-corrected chi connectivity index (χ0v) is 12.9. The lowest BCUT2D eigenvalue weighted by atomic mass is 9.75. The summed E-state index contributed by atoms with van der Waals surface area (Å²) in [7, 11) is 0. The Kier molecular flexibility index (Phi) is 3.09. The Morgan fingerprint density at radius 1 is 1.26 bits per heavy atom. The van der Waals surface area contributed by atoms with Crippen LogP contribution in [0.2, 0.25) is 0 Å². The van der Waals surface area contributed by atoms with Gasteiger partial charge in [-0.05, 0) is 31.4 Å². The number of rotatable bonds is 1. The fourth-order valence-corrected chi connectivity index (χ4v) is 3.78. The lowest BCUT2D eigenvalue weighted by Crippen LogP contribution is -2.31. The Morgan fingerprint density at radius 2 is 2.09 bits per heavy atom. The van der Waals surface area contributed by atoms with Gasteiger partial charge in [-0.1, -0.05) is 18.2 Å². The molecule has 2 heterocycles. The van der Waals surface area contributed by atoms with E-state index in [0.29, 0.717) is 12.0 Å². The summed E-state index contributed by atoms with van der Waals surface area (Å²) in [5, 5.41) is 14.1. The maximum atomic E-state index is 12.6. The van der Waals surface area contributed by atoms with Gasteiger partial charge in [-0.3, -0.25) is 4.79 Å². The van der Waals surface area contributed by atoms with Crippen molar-refractivity contribution in [3.8, 4) is 6.07 Å². The number of dihydropyridines is 1. The summed E-state index contributed by atoms with van der Waals surface area (Å²) < 4.78 is 0. The van der Waals surface area contributed by atoms with Gasteiger partial charge in [0.1, 0.15) is 0 Å².